The van der Waals surface area contributed by atoms with Crippen molar-refractivity contribution in [3.05, 3.63) is 58.2 Å². The van der Waals surface area contributed by atoms with E-state index in [1.54, 1.807) is 30.9 Å². The third-order valence-electron chi connectivity index (χ3n) is 4.56. The molecule has 0 bridgehead atoms. The third-order valence-corrected chi connectivity index (χ3v) is 4.56. The zero-order valence-electron chi connectivity index (χ0n) is 14.6. The van der Waals surface area contributed by atoms with Crippen LogP contribution in [0.2, 0.25) is 0 Å². The van der Waals surface area contributed by atoms with Crippen LogP contribution in [-0.2, 0) is 11.3 Å². The number of rotatable bonds is 5. The minimum Gasteiger partial charge on any atom is -0.465 e. The van der Waals surface area contributed by atoms with Crippen molar-refractivity contribution in [2.75, 3.05) is 7.11 Å². The lowest BCUT2D eigenvalue weighted by atomic mass is 10.1. The van der Waals surface area contributed by atoms with Crippen LogP contribution < -0.4 is 0 Å². The molecule has 6 heteroatoms. The van der Waals surface area contributed by atoms with E-state index in [-0.39, 0.29) is 17.8 Å². The molecule has 1 aromatic carbocycles. The predicted molar refractivity (Wildman–Crippen MR) is 90.9 cm³/mol. The number of aromatic nitrogens is 1. The molecule has 5 nitrogen and oxygen atoms in total. The van der Waals surface area contributed by atoms with Crippen LogP contribution in [0.3, 0.4) is 0 Å². The number of esters is 1. The first-order chi connectivity index (χ1) is 11.9. The molecule has 0 aliphatic heterocycles. The highest BCUT2D eigenvalue weighted by molar-refractivity contribution is 6.00. The van der Waals surface area contributed by atoms with Crippen LogP contribution in [0.4, 0.5) is 4.39 Å². The number of hydrogen-bond acceptors (Lipinski definition) is 3. The summed E-state index contributed by atoms with van der Waals surface area (Å²) in [5.74, 6) is -0.906. The van der Waals surface area contributed by atoms with E-state index in [0.717, 1.165) is 18.4 Å². The number of halogens is 1. The van der Waals surface area contributed by atoms with Crippen LogP contribution in [0.15, 0.2) is 24.3 Å². The Morgan fingerprint density at radius 2 is 1.88 bits per heavy atom. The molecule has 132 valence electrons. The van der Waals surface area contributed by atoms with Gasteiger partial charge in [-0.25, -0.2) is 9.18 Å². The van der Waals surface area contributed by atoms with Crippen molar-refractivity contribution in [3.8, 4) is 0 Å². The Balaban J connectivity index is 1.89. The van der Waals surface area contributed by atoms with Crippen LogP contribution in [-0.4, -0.2) is 34.9 Å². The van der Waals surface area contributed by atoms with E-state index in [4.69, 9.17) is 4.74 Å². The number of H-pyrrole nitrogens is 1. The van der Waals surface area contributed by atoms with Gasteiger partial charge in [0.2, 0.25) is 0 Å². The molecule has 1 aliphatic rings. The van der Waals surface area contributed by atoms with Crippen molar-refractivity contribution in [2.45, 2.75) is 39.3 Å². The highest BCUT2D eigenvalue weighted by Gasteiger charge is 2.35. The predicted octanol–water partition coefficient (Wildman–Crippen LogP) is 3.36. The molecule has 0 saturated heterocycles. The molecular weight excluding hydrogens is 323 g/mol. The van der Waals surface area contributed by atoms with E-state index in [0.29, 0.717) is 29.1 Å². The Labute approximate surface area is 145 Å². The van der Waals surface area contributed by atoms with Gasteiger partial charge in [-0.15, -0.1) is 0 Å². The minimum atomic E-state index is -0.457. The first-order valence-corrected chi connectivity index (χ1v) is 8.25. The lowest BCUT2D eigenvalue weighted by Crippen LogP contribution is -2.33. The Morgan fingerprint density at radius 1 is 1.24 bits per heavy atom. The number of aromatic amines is 1. The number of aryl methyl sites for hydroxylation is 1. The van der Waals surface area contributed by atoms with Crippen LogP contribution in [0.5, 0.6) is 0 Å². The van der Waals surface area contributed by atoms with E-state index >= 15 is 0 Å². The van der Waals surface area contributed by atoms with Crippen LogP contribution in [0.1, 0.15) is 50.5 Å². The zero-order valence-corrected chi connectivity index (χ0v) is 14.6. The number of carbonyl (C=O) groups excluding carboxylic acids is 2. The van der Waals surface area contributed by atoms with Gasteiger partial charge < -0.3 is 14.6 Å². The maximum atomic E-state index is 13.1. The largest absolute Gasteiger partial charge is 0.465 e. The third kappa shape index (κ3) is 3.43. The van der Waals surface area contributed by atoms with Gasteiger partial charge in [0, 0.05) is 18.3 Å². The average molecular weight is 344 g/mol. The lowest BCUT2D eigenvalue weighted by molar-refractivity contribution is 0.0599. The van der Waals surface area contributed by atoms with Crippen molar-refractivity contribution in [2.24, 2.45) is 0 Å². The molecule has 2 aromatic rings. The summed E-state index contributed by atoms with van der Waals surface area (Å²) >= 11 is 0. The molecule has 1 heterocycles. The molecule has 1 saturated carbocycles. The maximum absolute atomic E-state index is 13.1. The second-order valence-electron chi connectivity index (χ2n) is 6.41. The molecule has 0 spiro atoms. The summed E-state index contributed by atoms with van der Waals surface area (Å²) in [5.41, 5.74) is 2.90. The van der Waals surface area contributed by atoms with Gasteiger partial charge in [-0.3, -0.25) is 4.79 Å². The lowest BCUT2D eigenvalue weighted by Gasteiger charge is -2.22. The van der Waals surface area contributed by atoms with Gasteiger partial charge in [-0.05, 0) is 49.9 Å². The number of ether oxygens (including phenoxy) is 1. The monoisotopic (exact) mass is 344 g/mol. The van der Waals surface area contributed by atoms with Crippen molar-refractivity contribution in [1.29, 1.82) is 0 Å². The fourth-order valence-corrected chi connectivity index (χ4v) is 3.06. The van der Waals surface area contributed by atoms with Crippen LogP contribution >= 0.6 is 0 Å². The summed E-state index contributed by atoms with van der Waals surface area (Å²) < 4.78 is 17.9. The van der Waals surface area contributed by atoms with Gasteiger partial charge in [-0.2, -0.15) is 0 Å². The number of nitrogens with one attached hydrogen (secondary N) is 1. The summed E-state index contributed by atoms with van der Waals surface area (Å²) in [6, 6.07) is 6.34. The Kier molecular flexibility index (Phi) is 4.61. The smallest absolute Gasteiger partial charge is 0.339 e. The molecule has 0 atom stereocenters. The van der Waals surface area contributed by atoms with Crippen LogP contribution in [0.25, 0.3) is 0 Å². The Hall–Kier alpha value is -2.63. The summed E-state index contributed by atoms with van der Waals surface area (Å²) in [6.45, 7) is 3.90. The van der Waals surface area contributed by atoms with Crippen molar-refractivity contribution in [1.82, 2.24) is 9.88 Å². The van der Waals surface area contributed by atoms with Gasteiger partial charge in [0.05, 0.1) is 12.7 Å². The standard InChI is InChI=1S/C19H21FN2O3/c1-11-16(19(24)25-3)12(2)21-17(11)18(23)22(15-8-9-15)10-13-4-6-14(20)7-5-13/h4-7,15,21H,8-10H2,1-3H3. The van der Waals surface area contributed by atoms with E-state index in [1.807, 2.05) is 0 Å². The number of carbonyl (C=O) groups is 2. The van der Waals surface area contributed by atoms with E-state index in [1.165, 1.54) is 19.2 Å². The van der Waals surface area contributed by atoms with Crippen molar-refractivity contribution < 1.29 is 18.7 Å². The van der Waals surface area contributed by atoms with Gasteiger partial charge >= 0.3 is 5.97 Å². The molecule has 25 heavy (non-hydrogen) atoms. The summed E-state index contributed by atoms with van der Waals surface area (Å²) in [4.78, 5) is 29.8. The summed E-state index contributed by atoms with van der Waals surface area (Å²) in [6.07, 6.45) is 1.91. The van der Waals surface area contributed by atoms with Gasteiger partial charge in [0.15, 0.2) is 0 Å². The zero-order chi connectivity index (χ0) is 18.1. The van der Waals surface area contributed by atoms with Gasteiger partial charge in [0.25, 0.3) is 5.91 Å². The molecule has 0 radical (unpaired) electrons. The average Bonchev–Trinajstić information content (AvgIpc) is 3.38. The first-order valence-electron chi connectivity index (χ1n) is 8.25. The Morgan fingerprint density at radius 3 is 2.44 bits per heavy atom. The molecule has 1 N–H and O–H groups in total. The summed E-state index contributed by atoms with van der Waals surface area (Å²) in [5, 5.41) is 0. The Bertz CT molecular complexity index is 807. The SMILES string of the molecule is COC(=O)c1c(C)[nH]c(C(=O)N(Cc2ccc(F)cc2)C2CC2)c1C. The van der Waals surface area contributed by atoms with E-state index in [9.17, 15) is 14.0 Å². The van der Waals surface area contributed by atoms with Gasteiger partial charge in [0.1, 0.15) is 11.5 Å². The van der Waals surface area contributed by atoms with Crippen LogP contribution in [0, 0.1) is 19.7 Å². The highest BCUT2D eigenvalue weighted by atomic mass is 19.1. The quantitative estimate of drug-likeness (QED) is 0.846. The van der Waals surface area contributed by atoms with Crippen molar-refractivity contribution in [3.63, 3.8) is 0 Å². The number of methoxy groups -OCH3 is 1. The number of nitrogens with zero attached hydrogens (tertiary/aromatic N) is 1. The topological polar surface area (TPSA) is 62.4 Å². The molecular formula is C19H21FN2O3. The van der Waals surface area contributed by atoms with E-state index < -0.39 is 5.97 Å². The van der Waals surface area contributed by atoms with E-state index in [2.05, 4.69) is 4.98 Å². The number of hydrogen-bond donors (Lipinski definition) is 1. The molecule has 3 rings (SSSR count). The summed E-state index contributed by atoms with van der Waals surface area (Å²) in [7, 11) is 1.32. The molecule has 0 unspecified atom stereocenters. The molecule has 1 fully saturated rings. The first kappa shape index (κ1) is 17.2. The second kappa shape index (κ2) is 6.70. The number of amides is 1. The van der Waals surface area contributed by atoms with Gasteiger partial charge in [-0.1, -0.05) is 12.1 Å². The fourth-order valence-electron chi connectivity index (χ4n) is 3.06. The number of benzene rings is 1. The molecule has 1 aromatic heterocycles. The van der Waals surface area contributed by atoms with Crippen molar-refractivity contribution >= 4 is 11.9 Å². The highest BCUT2D eigenvalue weighted by Crippen LogP contribution is 2.31. The minimum absolute atomic E-state index is 0.150. The molecule has 1 amide bonds. The molecule has 1 aliphatic carbocycles. The maximum Gasteiger partial charge on any atom is 0.339 e. The fraction of sp³-hybridized carbons (Fsp3) is 0.368. The second-order valence-corrected chi connectivity index (χ2v) is 6.41. The normalized spacial score (nSPS) is 13.6.